The van der Waals surface area contributed by atoms with Crippen LogP contribution in [0.1, 0.15) is 42.0 Å². The minimum atomic E-state index is -4.79. The van der Waals surface area contributed by atoms with E-state index in [-0.39, 0.29) is 16.3 Å². The van der Waals surface area contributed by atoms with E-state index in [0.29, 0.717) is 16.3 Å². The van der Waals surface area contributed by atoms with Crippen molar-refractivity contribution in [2.75, 3.05) is 0 Å². The number of nitriles is 1. The summed E-state index contributed by atoms with van der Waals surface area (Å²) in [6, 6.07) is 11.0. The van der Waals surface area contributed by atoms with Crippen molar-refractivity contribution in [1.29, 1.82) is 5.26 Å². The molecular weight excluding hydrogens is 459 g/mol. The van der Waals surface area contributed by atoms with Crippen LogP contribution in [0, 0.1) is 23.7 Å². The molecule has 32 heavy (non-hydrogen) atoms. The van der Waals surface area contributed by atoms with Gasteiger partial charge in [-0.25, -0.2) is 9.97 Å². The quantitative estimate of drug-likeness (QED) is 0.241. The molecule has 0 atom stereocenters. The second kappa shape index (κ2) is 8.84. The highest BCUT2D eigenvalue weighted by atomic mass is 32.1. The molecule has 5 nitrogen and oxygen atoms in total. The number of rotatable bonds is 4. The Hall–Kier alpha value is -3.03. The Morgan fingerprint density at radius 2 is 1.78 bits per heavy atom. The van der Waals surface area contributed by atoms with E-state index in [4.69, 9.17) is 4.74 Å². The third kappa shape index (κ3) is 5.06. The molecule has 3 rings (SSSR count). The first-order chi connectivity index (χ1) is 14.9. The number of carbonyl (C=O) groups is 1. The maximum atomic E-state index is 13.7. The summed E-state index contributed by atoms with van der Waals surface area (Å²) in [5.41, 5.74) is -1.58. The molecule has 0 N–H and O–H groups in total. The first kappa shape index (κ1) is 23.6. The summed E-state index contributed by atoms with van der Waals surface area (Å²) in [4.78, 5) is 20.2. The van der Waals surface area contributed by atoms with E-state index in [9.17, 15) is 23.2 Å². The molecule has 0 fully saturated rings. The highest BCUT2D eigenvalue weighted by Crippen LogP contribution is 2.42. The smallest absolute Gasteiger partial charge is 0.423 e. The largest absolute Gasteiger partial charge is 0.434 e. The lowest BCUT2D eigenvalue weighted by molar-refractivity contribution is -0.146. The number of halogens is 3. The third-order valence-corrected chi connectivity index (χ3v) is 6.00. The molecule has 0 bridgehead atoms. The number of benzene rings is 1. The molecule has 0 spiro atoms. The van der Waals surface area contributed by atoms with Gasteiger partial charge in [-0.1, -0.05) is 30.3 Å². The Morgan fingerprint density at radius 3 is 2.34 bits per heavy atom. The van der Waals surface area contributed by atoms with Crippen LogP contribution in [0.4, 0.5) is 13.2 Å². The Morgan fingerprint density at radius 1 is 1.12 bits per heavy atom. The Labute approximate surface area is 190 Å². The van der Waals surface area contributed by atoms with Gasteiger partial charge in [-0.3, -0.25) is 4.79 Å². The van der Waals surface area contributed by atoms with Crippen LogP contribution in [-0.4, -0.2) is 15.9 Å². The van der Waals surface area contributed by atoms with Crippen LogP contribution in [-0.2, 0) is 15.7 Å². The van der Waals surface area contributed by atoms with E-state index in [1.165, 1.54) is 18.3 Å². The number of allylic oxidation sites excluding steroid dienone is 1. The zero-order valence-electron chi connectivity index (χ0n) is 17.6. The summed E-state index contributed by atoms with van der Waals surface area (Å²) in [6.07, 6.45) is -4.79. The summed E-state index contributed by atoms with van der Waals surface area (Å²) in [7, 11) is 0. The molecule has 1 aromatic carbocycles. The number of nitrogens with zero attached hydrogens (tertiary/aromatic N) is 3. The summed E-state index contributed by atoms with van der Waals surface area (Å²) in [5.74, 6) is -1.27. The van der Waals surface area contributed by atoms with Crippen molar-refractivity contribution >= 4 is 40.0 Å². The molecule has 0 saturated heterocycles. The van der Waals surface area contributed by atoms with Gasteiger partial charge in [0.1, 0.15) is 21.5 Å². The minimum Gasteiger partial charge on any atom is -0.423 e. The molecule has 0 unspecified atom stereocenters. The minimum absolute atomic E-state index is 0.118. The molecule has 0 radical (unpaired) electrons. The number of ether oxygens (including phenoxy) is 1. The number of hydrogen-bond acceptors (Lipinski definition) is 7. The molecule has 166 valence electrons. The number of hydrogen-bond donors (Lipinski definition) is 0. The van der Waals surface area contributed by atoms with Crippen molar-refractivity contribution in [3.63, 3.8) is 0 Å². The van der Waals surface area contributed by atoms with Crippen molar-refractivity contribution in [3.8, 4) is 16.6 Å². The van der Waals surface area contributed by atoms with Crippen LogP contribution < -0.4 is 0 Å². The number of carbonyl (C=O) groups excluding carboxylic acids is 1. The lowest BCUT2D eigenvalue weighted by Crippen LogP contribution is -2.23. The zero-order valence-corrected chi connectivity index (χ0v) is 19.2. The molecule has 0 aliphatic carbocycles. The predicted molar refractivity (Wildman–Crippen MR) is 117 cm³/mol. The zero-order chi connectivity index (χ0) is 23.7. The van der Waals surface area contributed by atoms with Crippen LogP contribution >= 0.6 is 22.7 Å². The van der Waals surface area contributed by atoms with Crippen molar-refractivity contribution in [3.05, 3.63) is 57.0 Å². The molecule has 0 aliphatic heterocycles. The van der Waals surface area contributed by atoms with Gasteiger partial charge in [0.25, 0.3) is 0 Å². The van der Waals surface area contributed by atoms with Gasteiger partial charge < -0.3 is 4.74 Å². The summed E-state index contributed by atoms with van der Waals surface area (Å²) in [6.45, 7) is 6.11. The second-order valence-corrected chi connectivity index (χ2v) is 9.83. The average molecular weight is 478 g/mol. The lowest BCUT2D eigenvalue weighted by atomic mass is 9.97. The van der Waals surface area contributed by atoms with E-state index in [1.807, 2.05) is 36.4 Å². The van der Waals surface area contributed by atoms with Gasteiger partial charge in [-0.2, -0.15) is 18.4 Å². The number of esters is 1. The Kier molecular flexibility index (Phi) is 6.53. The molecule has 3 aromatic rings. The molecule has 2 heterocycles. The first-order valence-corrected chi connectivity index (χ1v) is 11.0. The Bertz CT molecular complexity index is 1210. The van der Waals surface area contributed by atoms with Gasteiger partial charge in [0.05, 0.1) is 16.1 Å². The van der Waals surface area contributed by atoms with Gasteiger partial charge in [0, 0.05) is 10.9 Å². The predicted octanol–water partition coefficient (Wildman–Crippen LogP) is 6.58. The number of aromatic nitrogens is 2. The van der Waals surface area contributed by atoms with Crippen molar-refractivity contribution < 1.29 is 22.7 Å². The third-order valence-electron chi connectivity index (χ3n) is 4.14. The first-order valence-electron chi connectivity index (χ1n) is 9.34. The van der Waals surface area contributed by atoms with E-state index >= 15 is 0 Å². The van der Waals surface area contributed by atoms with Crippen LogP contribution in [0.2, 0.25) is 0 Å². The van der Waals surface area contributed by atoms with E-state index in [0.717, 1.165) is 5.56 Å². The van der Waals surface area contributed by atoms with Gasteiger partial charge in [-0.05, 0) is 27.7 Å². The number of aryl methyl sites for hydroxylation is 1. The fourth-order valence-electron chi connectivity index (χ4n) is 2.56. The van der Waals surface area contributed by atoms with Crippen LogP contribution in [0.25, 0.3) is 21.9 Å². The van der Waals surface area contributed by atoms with Crippen LogP contribution in [0.3, 0.4) is 0 Å². The molecule has 0 aliphatic rings. The molecule has 0 saturated carbocycles. The van der Waals surface area contributed by atoms with Crippen LogP contribution in [0.15, 0.2) is 35.7 Å². The summed E-state index contributed by atoms with van der Waals surface area (Å²) in [5, 5.41) is 12.1. The molecule has 2 aromatic heterocycles. The average Bonchev–Trinajstić information content (AvgIpc) is 3.34. The van der Waals surface area contributed by atoms with Gasteiger partial charge in [0.15, 0.2) is 11.5 Å². The normalized spacial score (nSPS) is 12.8. The topological polar surface area (TPSA) is 75.9 Å². The SMILES string of the molecule is Cc1nc(C(F)(F)F)c(/C(OC(=O)C(C)(C)C)=C(\C#N)c2csc(-c3ccccc3)n2)s1. The fourth-order valence-corrected chi connectivity index (χ4v) is 4.30. The fraction of sp³-hybridized carbons (Fsp3) is 0.273. The van der Waals surface area contributed by atoms with Gasteiger partial charge >= 0.3 is 12.1 Å². The monoisotopic (exact) mass is 477 g/mol. The molecule has 10 heteroatoms. The standard InChI is InChI=1S/C22H18F3N3O2S2/c1-12-27-18(22(23,24)25)17(32-12)16(30-20(29)21(2,3)4)14(10-26)15-11-31-19(28-15)13-8-6-5-7-9-13/h5-9,11H,1-4H3/b16-14-. The number of alkyl halides is 3. The summed E-state index contributed by atoms with van der Waals surface area (Å²) < 4.78 is 46.4. The number of thiazole rings is 2. The van der Waals surface area contributed by atoms with E-state index in [2.05, 4.69) is 9.97 Å². The van der Waals surface area contributed by atoms with Gasteiger partial charge in [0.2, 0.25) is 0 Å². The van der Waals surface area contributed by atoms with Crippen molar-refractivity contribution in [2.24, 2.45) is 5.41 Å². The van der Waals surface area contributed by atoms with Gasteiger partial charge in [-0.15, -0.1) is 22.7 Å². The van der Waals surface area contributed by atoms with E-state index in [1.54, 1.807) is 26.2 Å². The highest BCUT2D eigenvalue weighted by Gasteiger charge is 2.40. The maximum absolute atomic E-state index is 13.7. The van der Waals surface area contributed by atoms with E-state index < -0.39 is 33.9 Å². The molecular formula is C22H18F3N3O2S2. The molecule has 0 amide bonds. The summed E-state index contributed by atoms with van der Waals surface area (Å²) >= 11 is 1.93. The lowest BCUT2D eigenvalue weighted by Gasteiger charge is -2.19. The van der Waals surface area contributed by atoms with Crippen molar-refractivity contribution in [1.82, 2.24) is 9.97 Å². The Balaban J connectivity index is 2.23. The van der Waals surface area contributed by atoms with Crippen molar-refractivity contribution in [2.45, 2.75) is 33.9 Å². The maximum Gasteiger partial charge on any atom is 0.434 e. The van der Waals surface area contributed by atoms with Crippen LogP contribution in [0.5, 0.6) is 0 Å². The highest BCUT2D eigenvalue weighted by molar-refractivity contribution is 7.13. The second-order valence-electron chi connectivity index (χ2n) is 7.77.